The summed E-state index contributed by atoms with van der Waals surface area (Å²) in [6.07, 6.45) is 3.01. The summed E-state index contributed by atoms with van der Waals surface area (Å²) in [4.78, 5) is 15.4. The van der Waals surface area contributed by atoms with Crippen molar-refractivity contribution >= 4 is 17.5 Å². The third-order valence-corrected chi connectivity index (χ3v) is 6.40. The normalized spacial score (nSPS) is 23.5. The molecule has 0 saturated heterocycles. The predicted molar refractivity (Wildman–Crippen MR) is 124 cm³/mol. The first-order valence-corrected chi connectivity index (χ1v) is 11.1. The van der Waals surface area contributed by atoms with Gasteiger partial charge in [-0.1, -0.05) is 66.2 Å². The molecule has 0 radical (unpaired) electrons. The van der Waals surface area contributed by atoms with Crippen molar-refractivity contribution in [2.45, 2.75) is 30.9 Å². The highest BCUT2D eigenvalue weighted by Crippen LogP contribution is 2.47. The number of aliphatic hydroxyl groups is 1. The fraction of sp³-hybridized carbons (Fsp3) is 0.185. The molecule has 1 heterocycles. The fourth-order valence-electron chi connectivity index (χ4n) is 4.59. The van der Waals surface area contributed by atoms with E-state index in [1.54, 1.807) is 35.2 Å². The van der Waals surface area contributed by atoms with Crippen LogP contribution >= 0.6 is 11.6 Å². The van der Waals surface area contributed by atoms with Gasteiger partial charge in [-0.15, -0.1) is 0 Å². The topological polar surface area (TPSA) is 73.6 Å². The summed E-state index contributed by atoms with van der Waals surface area (Å²) in [5, 5.41) is 19.8. The lowest BCUT2D eigenvalue weighted by molar-refractivity contribution is -0.137. The molecule has 1 amide bonds. The van der Waals surface area contributed by atoms with Gasteiger partial charge in [0.15, 0.2) is 5.72 Å². The number of fused-ring (bicyclic) bond motifs is 1. The van der Waals surface area contributed by atoms with Gasteiger partial charge in [-0.25, -0.2) is 0 Å². The minimum atomic E-state index is -1.20. The molecule has 1 aliphatic carbocycles. The number of halogens is 1. The van der Waals surface area contributed by atoms with E-state index >= 15 is 0 Å². The molecule has 3 aromatic rings. The summed E-state index contributed by atoms with van der Waals surface area (Å²) >= 11 is 6.18. The first-order valence-electron chi connectivity index (χ1n) is 10.7. The molecule has 0 aromatic heterocycles. The van der Waals surface area contributed by atoms with Gasteiger partial charge < -0.3 is 9.84 Å². The van der Waals surface area contributed by atoms with E-state index in [-0.39, 0.29) is 18.6 Å². The smallest absolute Gasteiger partial charge is 0.257 e. The summed E-state index contributed by atoms with van der Waals surface area (Å²) in [5.74, 6) is -0.146. The van der Waals surface area contributed by atoms with E-state index in [2.05, 4.69) is 6.07 Å². The van der Waals surface area contributed by atoms with E-state index in [9.17, 15) is 9.90 Å². The minimum Gasteiger partial charge on any atom is -0.389 e. The average Bonchev–Trinajstić information content (AvgIpc) is 3.35. The molecule has 3 atom stereocenters. The molecule has 3 aromatic carbocycles. The summed E-state index contributed by atoms with van der Waals surface area (Å²) < 4.78 is 6.75. The molecule has 33 heavy (non-hydrogen) atoms. The van der Waals surface area contributed by atoms with E-state index in [1.807, 2.05) is 54.6 Å². The number of hydrogen-bond acceptors (Lipinski definition) is 4. The Hall–Kier alpha value is -3.43. The number of amides is 1. The molecule has 164 valence electrons. The zero-order valence-corrected chi connectivity index (χ0v) is 18.4. The van der Waals surface area contributed by atoms with Crippen LogP contribution in [0.15, 0.2) is 84.9 Å². The molecule has 0 saturated carbocycles. The Morgan fingerprint density at radius 1 is 1.06 bits per heavy atom. The van der Waals surface area contributed by atoms with Crippen molar-refractivity contribution in [2.75, 3.05) is 0 Å². The molecule has 5 rings (SSSR count). The van der Waals surface area contributed by atoms with Gasteiger partial charge >= 0.3 is 0 Å². The summed E-state index contributed by atoms with van der Waals surface area (Å²) in [6.45, 7) is 0.279. The maximum Gasteiger partial charge on any atom is 0.257 e. The predicted octanol–water partition coefficient (Wildman–Crippen LogP) is 4.77. The number of benzene rings is 3. The lowest BCUT2D eigenvalue weighted by atomic mass is 9.92. The summed E-state index contributed by atoms with van der Waals surface area (Å²) in [7, 11) is 0. The van der Waals surface area contributed by atoms with Crippen LogP contribution in [0.5, 0.6) is 0 Å². The van der Waals surface area contributed by atoms with Gasteiger partial charge in [-0.05, 0) is 35.9 Å². The molecule has 1 aliphatic heterocycles. The number of hydrogen-bond donors (Lipinski definition) is 1. The monoisotopic (exact) mass is 456 g/mol. The number of ether oxygens (including phenoxy) is 1. The number of carbonyl (C=O) groups is 1. The molecule has 2 unspecified atom stereocenters. The van der Waals surface area contributed by atoms with Gasteiger partial charge in [-0.2, -0.15) is 5.26 Å². The highest BCUT2D eigenvalue weighted by atomic mass is 35.5. The molecular formula is C27H21ClN2O3. The number of nitrogens with zero attached hydrogens (tertiary/aromatic N) is 2. The van der Waals surface area contributed by atoms with E-state index in [0.717, 1.165) is 16.7 Å². The zero-order valence-electron chi connectivity index (χ0n) is 17.7. The molecule has 1 N–H and O–H groups in total. The van der Waals surface area contributed by atoms with Crippen molar-refractivity contribution in [3.8, 4) is 6.07 Å². The molecule has 0 bridgehead atoms. The van der Waals surface area contributed by atoms with E-state index in [4.69, 9.17) is 21.6 Å². The van der Waals surface area contributed by atoms with Crippen molar-refractivity contribution in [1.82, 2.24) is 4.90 Å². The molecule has 6 heteroatoms. The number of rotatable bonds is 5. The van der Waals surface area contributed by atoms with Gasteiger partial charge in [0.1, 0.15) is 0 Å². The summed E-state index contributed by atoms with van der Waals surface area (Å²) in [5.41, 5.74) is 2.32. The van der Waals surface area contributed by atoms with Crippen molar-refractivity contribution in [3.05, 3.63) is 118 Å². The number of aliphatic hydroxyl groups excluding tert-OH is 1. The Morgan fingerprint density at radius 3 is 2.45 bits per heavy atom. The highest BCUT2D eigenvalue weighted by molar-refractivity contribution is 6.30. The first-order chi connectivity index (χ1) is 16.0. The second kappa shape index (κ2) is 8.49. The fourth-order valence-corrected chi connectivity index (χ4v) is 4.71. The van der Waals surface area contributed by atoms with Crippen molar-refractivity contribution in [2.24, 2.45) is 0 Å². The molecule has 0 spiro atoms. The lowest BCUT2D eigenvalue weighted by Crippen LogP contribution is -2.48. The highest BCUT2D eigenvalue weighted by Gasteiger charge is 2.53. The van der Waals surface area contributed by atoms with Crippen LogP contribution in [0.2, 0.25) is 5.02 Å². The van der Waals surface area contributed by atoms with Crippen molar-refractivity contribution in [1.29, 1.82) is 5.26 Å². The van der Waals surface area contributed by atoms with Crippen LogP contribution in [0.1, 0.15) is 39.0 Å². The second-order valence-corrected chi connectivity index (χ2v) is 8.68. The maximum absolute atomic E-state index is 13.7. The van der Waals surface area contributed by atoms with Crippen LogP contribution in [0.25, 0.3) is 0 Å². The molecule has 5 nitrogen and oxygen atoms in total. The van der Waals surface area contributed by atoms with E-state index in [0.29, 0.717) is 22.6 Å². The Labute approximate surface area is 197 Å². The molecule has 2 aliphatic rings. The van der Waals surface area contributed by atoms with Crippen molar-refractivity contribution in [3.63, 3.8) is 0 Å². The van der Waals surface area contributed by atoms with E-state index in [1.165, 1.54) is 0 Å². The lowest BCUT2D eigenvalue weighted by Gasteiger charge is -2.41. The first kappa shape index (κ1) is 21.4. The number of nitriles is 1. The Balaban J connectivity index is 1.67. The Morgan fingerprint density at radius 2 is 1.79 bits per heavy atom. The van der Waals surface area contributed by atoms with Crippen LogP contribution in [0.3, 0.4) is 0 Å². The quantitative estimate of drug-likeness (QED) is 0.561. The van der Waals surface area contributed by atoms with Crippen molar-refractivity contribution < 1.29 is 14.6 Å². The van der Waals surface area contributed by atoms with Gasteiger partial charge in [-0.3, -0.25) is 9.69 Å². The SMILES string of the molecule is N#Cc1ccc(CN2C(=O)c3ccccc3C2(O[C@H]2C=CC(O)C2)c2ccc(Cl)cc2)cc1. The minimum absolute atomic E-state index is 0.146. The zero-order chi connectivity index (χ0) is 23.0. The molecular weight excluding hydrogens is 436 g/mol. The second-order valence-electron chi connectivity index (χ2n) is 8.24. The van der Waals surface area contributed by atoms with Crippen LogP contribution < -0.4 is 0 Å². The van der Waals surface area contributed by atoms with Crippen LogP contribution in [-0.4, -0.2) is 28.1 Å². The third-order valence-electron chi connectivity index (χ3n) is 6.15. The van der Waals surface area contributed by atoms with Gasteiger partial charge in [0.05, 0.1) is 23.8 Å². The maximum atomic E-state index is 13.7. The third kappa shape index (κ3) is 3.73. The van der Waals surface area contributed by atoms with E-state index < -0.39 is 11.8 Å². The van der Waals surface area contributed by atoms with Crippen LogP contribution in [-0.2, 0) is 17.0 Å². The average molecular weight is 457 g/mol. The largest absolute Gasteiger partial charge is 0.389 e. The van der Waals surface area contributed by atoms with Gasteiger partial charge in [0, 0.05) is 34.7 Å². The van der Waals surface area contributed by atoms with Crippen LogP contribution in [0, 0.1) is 11.3 Å². The molecule has 0 fully saturated rings. The Bertz CT molecular complexity index is 1260. The standard InChI is InChI=1S/C27H21ClN2O3/c28-21-11-9-20(10-12-21)27(33-23-14-13-22(31)15-23)25-4-2-1-3-24(25)26(32)30(27)17-19-7-5-18(16-29)6-8-19/h1-14,22-23,31H,15,17H2/t22?,23-,27?/m0/s1. The van der Waals surface area contributed by atoms with Crippen LogP contribution in [0.4, 0.5) is 0 Å². The number of carbonyl (C=O) groups excluding carboxylic acids is 1. The Kier molecular flexibility index (Phi) is 5.51. The van der Waals surface area contributed by atoms with Gasteiger partial charge in [0.25, 0.3) is 5.91 Å². The summed E-state index contributed by atoms with van der Waals surface area (Å²) in [6, 6.07) is 24.1. The van der Waals surface area contributed by atoms with Gasteiger partial charge in [0.2, 0.25) is 0 Å².